The molecule has 0 amide bonds. The number of sulfone groups is 1. The number of rotatable bonds is 4. The fourth-order valence-corrected chi connectivity index (χ4v) is 2.09. The smallest absolute Gasteiger partial charge is 0.457 e. The molecule has 0 saturated carbocycles. The van der Waals surface area contributed by atoms with Crippen molar-refractivity contribution >= 4 is 21.8 Å². The van der Waals surface area contributed by atoms with E-state index in [1.165, 1.54) is 21.0 Å². The van der Waals surface area contributed by atoms with Gasteiger partial charge in [-0.25, -0.2) is 8.42 Å². The number of aliphatic hydroxyl groups is 1. The van der Waals surface area contributed by atoms with Crippen LogP contribution in [-0.4, -0.2) is 75.0 Å². The molecule has 9 nitrogen and oxygen atoms in total. The van der Waals surface area contributed by atoms with Gasteiger partial charge >= 0.3 is 17.4 Å². The minimum atomic E-state index is -5.09. The molecule has 0 radical (unpaired) electrons. The predicted octanol–water partition coefficient (Wildman–Crippen LogP) is 0.543. The van der Waals surface area contributed by atoms with Gasteiger partial charge in [-0.15, -0.1) is 0 Å². The Kier molecular flexibility index (Phi) is 9.66. The summed E-state index contributed by atoms with van der Waals surface area (Å²) in [6.07, 6.45) is -3.78. The molecule has 1 aliphatic rings. The van der Waals surface area contributed by atoms with Crippen molar-refractivity contribution in [3.05, 3.63) is 0 Å². The lowest BCUT2D eigenvalue weighted by Gasteiger charge is -2.42. The van der Waals surface area contributed by atoms with E-state index in [1.807, 2.05) is 6.92 Å². The number of halogens is 3. The first kappa shape index (κ1) is 25.6. The van der Waals surface area contributed by atoms with E-state index in [1.54, 1.807) is 0 Å². The maximum atomic E-state index is 11.1. The van der Waals surface area contributed by atoms with Crippen molar-refractivity contribution in [1.82, 2.24) is 0 Å². The van der Waals surface area contributed by atoms with E-state index in [-0.39, 0.29) is 6.26 Å². The van der Waals surface area contributed by atoms with Gasteiger partial charge in [-0.1, -0.05) is 6.92 Å². The normalized spacial score (nSPS) is 28.6. The van der Waals surface area contributed by atoms with Crippen LogP contribution in [0, 0.1) is 0 Å². The van der Waals surface area contributed by atoms with E-state index in [4.69, 9.17) is 18.9 Å². The minimum Gasteiger partial charge on any atom is -0.457 e. The highest BCUT2D eigenvalue weighted by Crippen LogP contribution is 2.28. The molecule has 0 spiro atoms. The second kappa shape index (κ2) is 10.2. The molecule has 160 valence electrons. The van der Waals surface area contributed by atoms with Crippen LogP contribution in [0.1, 0.15) is 27.2 Å². The Morgan fingerprint density at radius 1 is 1.11 bits per heavy atom. The van der Waals surface area contributed by atoms with E-state index in [2.05, 4.69) is 0 Å². The Morgan fingerprint density at radius 3 is 1.85 bits per heavy atom. The maximum absolute atomic E-state index is 11.1. The summed E-state index contributed by atoms with van der Waals surface area (Å²) in [7, 11) is -3.40. The lowest BCUT2D eigenvalue weighted by atomic mass is 9.97. The van der Waals surface area contributed by atoms with Crippen LogP contribution < -0.4 is 0 Å². The number of carbonyl (C=O) groups is 2. The summed E-state index contributed by atoms with van der Waals surface area (Å²) >= 11 is 0. The molecule has 0 bridgehead atoms. The molecule has 1 aliphatic heterocycles. The highest BCUT2D eigenvalue weighted by molar-refractivity contribution is 7.91. The zero-order chi connectivity index (χ0) is 21.6. The van der Waals surface area contributed by atoms with Crippen LogP contribution in [0.15, 0.2) is 0 Å². The predicted molar refractivity (Wildman–Crippen MR) is 84.0 cm³/mol. The average molecular weight is 424 g/mol. The van der Waals surface area contributed by atoms with Gasteiger partial charge in [0.25, 0.3) is 0 Å². The number of carbonyl (C=O) groups excluding carboxylic acids is 2. The molecule has 1 N–H and O–H groups in total. The Hall–Kier alpha value is -1.44. The second-order valence-electron chi connectivity index (χ2n) is 5.54. The summed E-state index contributed by atoms with van der Waals surface area (Å²) in [5, 5.41) is 10.1. The van der Waals surface area contributed by atoms with Gasteiger partial charge in [-0.05, 0) is 6.42 Å². The van der Waals surface area contributed by atoms with E-state index in [0.29, 0.717) is 6.42 Å². The number of esters is 2. The summed E-state index contributed by atoms with van der Waals surface area (Å²) < 4.78 is 72.6. The van der Waals surface area contributed by atoms with Crippen molar-refractivity contribution in [2.75, 3.05) is 13.4 Å². The molecule has 1 heterocycles. The molecule has 1 fully saturated rings. The molecule has 5 atom stereocenters. The quantitative estimate of drug-likeness (QED) is 0.644. The summed E-state index contributed by atoms with van der Waals surface area (Å²) in [5.41, 5.74) is -5.09. The average Bonchev–Trinajstić information content (AvgIpc) is 2.48. The van der Waals surface area contributed by atoms with E-state index >= 15 is 0 Å². The van der Waals surface area contributed by atoms with Gasteiger partial charge in [0.1, 0.15) is 6.10 Å². The third kappa shape index (κ3) is 7.99. The third-order valence-corrected chi connectivity index (χ3v) is 4.13. The summed E-state index contributed by atoms with van der Waals surface area (Å²) in [6, 6.07) is 0. The number of alkyl halides is 3. The molecule has 0 aromatic carbocycles. The largest absolute Gasteiger partial charge is 0.497 e. The molecule has 5 unspecified atom stereocenters. The highest BCUT2D eigenvalue weighted by atomic mass is 32.2. The molecule has 0 aliphatic carbocycles. The van der Waals surface area contributed by atoms with E-state index < -0.39 is 58.0 Å². The fourth-order valence-electron chi connectivity index (χ4n) is 2.09. The zero-order valence-electron chi connectivity index (χ0n) is 15.3. The van der Waals surface area contributed by atoms with Crippen LogP contribution in [0.2, 0.25) is 0 Å². The zero-order valence-corrected chi connectivity index (χ0v) is 16.2. The molecule has 27 heavy (non-hydrogen) atoms. The van der Waals surface area contributed by atoms with Gasteiger partial charge in [-0.2, -0.15) is 13.2 Å². The number of hydrogen-bond donors (Lipinski definition) is 1. The standard InChI is InChI=1S/C12H20O7.C2H3F3O2S/c1-5-8-10(16-4)11(17-6(2)13)9(15)12(19-8)18-7(3)14;1-8(6,7)2(3,4)5/h8-12,15H,5H2,1-4H3;1H3. The molecule has 0 aromatic heterocycles. The van der Waals surface area contributed by atoms with Gasteiger partial charge in [0.15, 0.2) is 12.2 Å². The summed E-state index contributed by atoms with van der Waals surface area (Å²) in [6.45, 7) is 4.29. The Labute approximate surface area is 154 Å². The monoisotopic (exact) mass is 424 g/mol. The number of methoxy groups -OCH3 is 1. The molecule has 1 saturated heterocycles. The lowest BCUT2D eigenvalue weighted by Crippen LogP contribution is -2.60. The first-order valence-corrected chi connectivity index (χ1v) is 9.51. The molecular formula is C14H23F3O9S. The minimum absolute atomic E-state index is 0.118. The van der Waals surface area contributed by atoms with Gasteiger partial charge in [0, 0.05) is 27.2 Å². The van der Waals surface area contributed by atoms with Crippen molar-refractivity contribution < 1.29 is 55.2 Å². The number of hydrogen-bond acceptors (Lipinski definition) is 9. The molecular weight excluding hydrogens is 401 g/mol. The number of ether oxygens (including phenoxy) is 4. The van der Waals surface area contributed by atoms with Crippen LogP contribution in [0.5, 0.6) is 0 Å². The SMILES string of the molecule is CCC1OC(OC(C)=O)C(O)C(OC(C)=O)C1OC.CS(=O)(=O)C(F)(F)F. The van der Waals surface area contributed by atoms with Gasteiger partial charge in [-0.3, -0.25) is 9.59 Å². The first-order chi connectivity index (χ1) is 12.2. The van der Waals surface area contributed by atoms with Crippen LogP contribution >= 0.6 is 0 Å². The summed E-state index contributed by atoms with van der Waals surface area (Å²) in [4.78, 5) is 22.1. The Balaban J connectivity index is 0.000000713. The van der Waals surface area contributed by atoms with Crippen molar-refractivity contribution in [3.8, 4) is 0 Å². The lowest BCUT2D eigenvalue weighted by molar-refractivity contribution is -0.293. The molecule has 13 heteroatoms. The second-order valence-corrected chi connectivity index (χ2v) is 7.55. The third-order valence-electron chi connectivity index (χ3n) is 3.29. The van der Waals surface area contributed by atoms with Crippen LogP contribution in [-0.2, 0) is 38.4 Å². The van der Waals surface area contributed by atoms with Crippen LogP contribution in [0.4, 0.5) is 13.2 Å². The van der Waals surface area contributed by atoms with Crippen molar-refractivity contribution in [3.63, 3.8) is 0 Å². The van der Waals surface area contributed by atoms with Gasteiger partial charge in [0.05, 0.1) is 6.10 Å². The van der Waals surface area contributed by atoms with Crippen LogP contribution in [0.25, 0.3) is 0 Å². The molecule has 1 rings (SSSR count). The van der Waals surface area contributed by atoms with Crippen molar-refractivity contribution in [1.29, 1.82) is 0 Å². The van der Waals surface area contributed by atoms with Gasteiger partial charge in [0.2, 0.25) is 16.1 Å². The summed E-state index contributed by atoms with van der Waals surface area (Å²) in [5.74, 6) is -1.14. The highest BCUT2D eigenvalue weighted by Gasteiger charge is 2.48. The number of aliphatic hydroxyl groups excluding tert-OH is 1. The van der Waals surface area contributed by atoms with Gasteiger partial charge < -0.3 is 24.1 Å². The fraction of sp³-hybridized carbons (Fsp3) is 0.857. The topological polar surface area (TPSA) is 125 Å². The van der Waals surface area contributed by atoms with E-state index in [9.17, 15) is 36.3 Å². The molecule has 0 aromatic rings. The van der Waals surface area contributed by atoms with E-state index in [0.717, 1.165) is 0 Å². The van der Waals surface area contributed by atoms with Crippen LogP contribution in [0.3, 0.4) is 0 Å². The maximum Gasteiger partial charge on any atom is 0.497 e. The Bertz CT molecular complexity index is 605. The Morgan fingerprint density at radius 2 is 1.56 bits per heavy atom. The van der Waals surface area contributed by atoms with Crippen molar-refractivity contribution in [2.24, 2.45) is 0 Å². The first-order valence-electron chi connectivity index (χ1n) is 7.62. The van der Waals surface area contributed by atoms with Crippen molar-refractivity contribution in [2.45, 2.75) is 63.4 Å².